The van der Waals surface area contributed by atoms with Gasteiger partial charge in [-0.15, -0.1) is 0 Å². The number of hydrogen-bond acceptors (Lipinski definition) is 8. The maximum absolute atomic E-state index is 11.7. The zero-order valence-corrected chi connectivity index (χ0v) is 20.5. The van der Waals surface area contributed by atoms with Crippen LogP contribution in [0.2, 0.25) is 0 Å². The second-order valence-electron chi connectivity index (χ2n) is 8.79. The third-order valence-corrected chi connectivity index (χ3v) is 6.37. The molecule has 3 N–H and O–H groups in total. The summed E-state index contributed by atoms with van der Waals surface area (Å²) in [5.41, 5.74) is 4.96. The van der Waals surface area contributed by atoms with Crippen LogP contribution in [0.3, 0.4) is 0 Å². The Balaban J connectivity index is 1.34. The number of nitrogens with zero attached hydrogens (tertiary/aromatic N) is 5. The van der Waals surface area contributed by atoms with Gasteiger partial charge in [0.25, 0.3) is 0 Å². The molecule has 0 bridgehead atoms. The first kappa shape index (κ1) is 24.4. The molecule has 3 heterocycles. The van der Waals surface area contributed by atoms with E-state index in [-0.39, 0.29) is 12.5 Å². The van der Waals surface area contributed by atoms with Gasteiger partial charge in [0.15, 0.2) is 0 Å². The van der Waals surface area contributed by atoms with Crippen molar-refractivity contribution in [2.75, 3.05) is 54.9 Å². The molecule has 4 aromatic rings. The Labute approximate surface area is 215 Å². The molecule has 0 atom stereocenters. The third kappa shape index (κ3) is 5.74. The number of aliphatic hydroxyl groups is 1. The number of hydrogen-bond donors (Lipinski definition) is 3. The second kappa shape index (κ2) is 11.2. The van der Waals surface area contributed by atoms with Gasteiger partial charge in [-0.05, 0) is 48.5 Å². The molecule has 37 heavy (non-hydrogen) atoms. The van der Waals surface area contributed by atoms with Gasteiger partial charge in [0.2, 0.25) is 11.9 Å². The topological polar surface area (TPSA) is 107 Å². The Kier molecular flexibility index (Phi) is 7.34. The minimum Gasteiger partial charge on any atom is -0.395 e. The minimum atomic E-state index is -0.271. The molecular weight excluding hydrogens is 466 g/mol. The molecule has 5 rings (SSSR count). The number of aliphatic hydroxyl groups excluding tert-OH is 1. The van der Waals surface area contributed by atoms with Crippen molar-refractivity contribution in [2.24, 2.45) is 0 Å². The zero-order valence-electron chi connectivity index (χ0n) is 20.5. The number of fused-ring (bicyclic) bond motifs is 1. The smallest absolute Gasteiger partial charge is 0.247 e. The third-order valence-electron chi connectivity index (χ3n) is 6.37. The maximum Gasteiger partial charge on any atom is 0.247 e. The molecule has 0 spiro atoms. The van der Waals surface area contributed by atoms with E-state index in [0.29, 0.717) is 22.8 Å². The number of β-amino-alcohol motifs (C(OH)–C–C–N with tert-alkyl or cyclic N) is 1. The zero-order chi connectivity index (χ0) is 25.6. The summed E-state index contributed by atoms with van der Waals surface area (Å²) in [5.74, 6) is 0.204. The van der Waals surface area contributed by atoms with Crippen LogP contribution in [0.15, 0.2) is 79.6 Å². The van der Waals surface area contributed by atoms with Gasteiger partial charge in [0, 0.05) is 73.1 Å². The fraction of sp³-hybridized carbons (Fsp3) is 0.214. The van der Waals surface area contributed by atoms with Gasteiger partial charge in [-0.3, -0.25) is 14.7 Å². The quantitative estimate of drug-likeness (QED) is 0.318. The summed E-state index contributed by atoms with van der Waals surface area (Å²) in [5, 5.41) is 16.1. The SMILES string of the molecule is C=CC(=O)Nc1cccc(-c2nccc3cnc(Nc4ccc(N5CCN(CCO)CC5)cc4)nc23)c1. The predicted molar refractivity (Wildman–Crippen MR) is 147 cm³/mol. The largest absolute Gasteiger partial charge is 0.395 e. The van der Waals surface area contributed by atoms with Gasteiger partial charge in [0.1, 0.15) is 5.52 Å². The van der Waals surface area contributed by atoms with E-state index in [2.05, 4.69) is 49.1 Å². The highest BCUT2D eigenvalue weighted by atomic mass is 16.3. The highest BCUT2D eigenvalue weighted by molar-refractivity contribution is 5.99. The second-order valence-corrected chi connectivity index (χ2v) is 8.79. The lowest BCUT2D eigenvalue weighted by atomic mass is 10.1. The summed E-state index contributed by atoms with van der Waals surface area (Å²) in [6.07, 6.45) is 4.74. The summed E-state index contributed by atoms with van der Waals surface area (Å²) in [6.45, 7) is 8.21. The lowest BCUT2D eigenvalue weighted by Crippen LogP contribution is -2.47. The first-order chi connectivity index (χ1) is 18.1. The lowest BCUT2D eigenvalue weighted by molar-refractivity contribution is -0.111. The first-order valence-corrected chi connectivity index (χ1v) is 12.2. The molecule has 2 aromatic heterocycles. The van der Waals surface area contributed by atoms with E-state index in [9.17, 15) is 4.79 Å². The number of pyridine rings is 1. The summed E-state index contributed by atoms with van der Waals surface area (Å²) in [6, 6.07) is 17.6. The van der Waals surface area contributed by atoms with Crippen LogP contribution in [-0.4, -0.2) is 70.2 Å². The summed E-state index contributed by atoms with van der Waals surface area (Å²) >= 11 is 0. The number of carbonyl (C=O) groups is 1. The highest BCUT2D eigenvalue weighted by Gasteiger charge is 2.16. The molecule has 0 aliphatic carbocycles. The summed E-state index contributed by atoms with van der Waals surface area (Å²) in [4.78, 5) is 30.2. The van der Waals surface area contributed by atoms with E-state index >= 15 is 0 Å². The fourth-order valence-corrected chi connectivity index (χ4v) is 4.42. The van der Waals surface area contributed by atoms with Crippen LogP contribution < -0.4 is 15.5 Å². The van der Waals surface area contributed by atoms with Crippen LogP contribution in [0.25, 0.3) is 22.2 Å². The number of rotatable bonds is 8. The van der Waals surface area contributed by atoms with Gasteiger partial charge in [0.05, 0.1) is 12.3 Å². The van der Waals surface area contributed by atoms with Crippen LogP contribution in [0, 0.1) is 0 Å². The molecule has 1 saturated heterocycles. The standard InChI is InChI=1S/C28H29N7O2/c1-2-25(37)31-23-5-3-4-20(18-23)26-27-21(10-11-29-26)19-30-28(33-27)32-22-6-8-24(9-7-22)35-14-12-34(13-15-35)16-17-36/h2-11,18-19,36H,1,12-17H2,(H,31,37)(H,30,32,33). The van der Waals surface area contributed by atoms with Crippen molar-refractivity contribution in [3.05, 3.63) is 79.6 Å². The number of nitrogens with one attached hydrogen (secondary N) is 2. The molecule has 2 aromatic carbocycles. The van der Waals surface area contributed by atoms with Crippen LogP contribution in [0.5, 0.6) is 0 Å². The average Bonchev–Trinajstić information content (AvgIpc) is 2.94. The van der Waals surface area contributed by atoms with Crippen LogP contribution >= 0.6 is 0 Å². The number of carbonyl (C=O) groups excluding carboxylic acids is 1. The van der Waals surface area contributed by atoms with Crippen molar-refractivity contribution in [3.8, 4) is 11.3 Å². The Hall–Kier alpha value is -4.34. The number of anilines is 4. The maximum atomic E-state index is 11.7. The highest BCUT2D eigenvalue weighted by Crippen LogP contribution is 2.28. The van der Waals surface area contributed by atoms with E-state index < -0.39 is 0 Å². The monoisotopic (exact) mass is 495 g/mol. The summed E-state index contributed by atoms with van der Waals surface area (Å²) < 4.78 is 0. The van der Waals surface area contributed by atoms with E-state index in [1.807, 2.05) is 42.5 Å². The molecular formula is C28H29N7O2. The van der Waals surface area contributed by atoms with Crippen LogP contribution in [0.4, 0.5) is 23.0 Å². The lowest BCUT2D eigenvalue weighted by Gasteiger charge is -2.35. The minimum absolute atomic E-state index is 0.203. The van der Waals surface area contributed by atoms with Crippen molar-refractivity contribution in [3.63, 3.8) is 0 Å². The molecule has 0 unspecified atom stereocenters. The van der Waals surface area contributed by atoms with Gasteiger partial charge in [-0.25, -0.2) is 9.97 Å². The van der Waals surface area contributed by atoms with Crippen molar-refractivity contribution >= 4 is 39.8 Å². The van der Waals surface area contributed by atoms with Crippen LogP contribution in [-0.2, 0) is 4.79 Å². The van der Waals surface area contributed by atoms with Crippen molar-refractivity contribution < 1.29 is 9.90 Å². The molecule has 1 aliphatic rings. The van der Waals surface area contributed by atoms with Gasteiger partial charge in [-0.1, -0.05) is 18.7 Å². The van der Waals surface area contributed by atoms with Crippen molar-refractivity contribution in [1.29, 1.82) is 0 Å². The van der Waals surface area contributed by atoms with E-state index in [4.69, 9.17) is 10.1 Å². The average molecular weight is 496 g/mol. The normalized spacial score (nSPS) is 13.9. The molecule has 1 fully saturated rings. The molecule has 9 heteroatoms. The molecule has 0 saturated carbocycles. The van der Waals surface area contributed by atoms with Gasteiger partial charge >= 0.3 is 0 Å². The Morgan fingerprint density at radius 1 is 1.03 bits per heavy atom. The summed E-state index contributed by atoms with van der Waals surface area (Å²) in [7, 11) is 0. The number of amides is 1. The van der Waals surface area contributed by atoms with Crippen LogP contribution in [0.1, 0.15) is 0 Å². The molecule has 1 amide bonds. The fourth-order valence-electron chi connectivity index (χ4n) is 4.42. The number of piperazine rings is 1. The van der Waals surface area contributed by atoms with E-state index in [0.717, 1.165) is 49.4 Å². The van der Waals surface area contributed by atoms with Gasteiger partial charge in [-0.2, -0.15) is 0 Å². The molecule has 9 nitrogen and oxygen atoms in total. The predicted octanol–water partition coefficient (Wildman–Crippen LogP) is 3.67. The number of aromatic nitrogens is 3. The van der Waals surface area contributed by atoms with E-state index in [1.54, 1.807) is 12.4 Å². The Morgan fingerprint density at radius 2 is 1.84 bits per heavy atom. The molecule has 0 radical (unpaired) electrons. The van der Waals surface area contributed by atoms with E-state index in [1.165, 1.54) is 11.8 Å². The molecule has 188 valence electrons. The Bertz CT molecular complexity index is 1400. The molecule has 1 aliphatic heterocycles. The van der Waals surface area contributed by atoms with Crippen molar-refractivity contribution in [2.45, 2.75) is 0 Å². The van der Waals surface area contributed by atoms with Crippen molar-refractivity contribution in [1.82, 2.24) is 19.9 Å². The van der Waals surface area contributed by atoms with Gasteiger partial charge < -0.3 is 20.6 Å². The Morgan fingerprint density at radius 3 is 2.59 bits per heavy atom. The first-order valence-electron chi connectivity index (χ1n) is 12.2. The number of benzene rings is 2.